The van der Waals surface area contributed by atoms with Crippen LogP contribution in [0.25, 0.3) is 33.8 Å². The molecule has 4 aromatic rings. The number of nitrogen functional groups attached to an aromatic ring is 1. The van der Waals surface area contributed by atoms with Crippen LogP contribution in [-0.2, 0) is 6.54 Å². The molecular weight excluding hydrogens is 370 g/mol. The molecule has 9 heteroatoms. The Morgan fingerprint density at radius 3 is 2.69 bits per heavy atom. The first-order chi connectivity index (χ1) is 14.2. The van der Waals surface area contributed by atoms with Crippen LogP contribution in [0, 0.1) is 0 Å². The zero-order valence-electron chi connectivity index (χ0n) is 16.4. The van der Waals surface area contributed by atoms with Crippen LogP contribution >= 0.6 is 0 Å². The number of aromatic nitrogens is 5. The summed E-state index contributed by atoms with van der Waals surface area (Å²) in [4.78, 5) is 9.50. The van der Waals surface area contributed by atoms with Gasteiger partial charge in [0.15, 0.2) is 23.1 Å². The molecule has 150 valence electrons. The molecule has 0 aliphatic rings. The van der Waals surface area contributed by atoms with Crippen molar-refractivity contribution in [3.8, 4) is 28.5 Å². The number of hydrogen-bond acceptors (Lipinski definition) is 8. The fourth-order valence-corrected chi connectivity index (χ4v) is 3.30. The summed E-state index contributed by atoms with van der Waals surface area (Å²) >= 11 is 0. The molecule has 0 atom stereocenters. The molecular formula is C20H23N7O2. The third-order valence-corrected chi connectivity index (χ3v) is 4.65. The minimum atomic E-state index is 0.195. The van der Waals surface area contributed by atoms with E-state index in [9.17, 15) is 0 Å². The van der Waals surface area contributed by atoms with Crippen molar-refractivity contribution in [2.75, 3.05) is 25.9 Å². The summed E-state index contributed by atoms with van der Waals surface area (Å²) in [7, 11) is 1.92. The Morgan fingerprint density at radius 1 is 1.17 bits per heavy atom. The van der Waals surface area contributed by atoms with E-state index in [0.29, 0.717) is 30.4 Å². The molecule has 0 saturated heterocycles. The van der Waals surface area contributed by atoms with E-state index in [2.05, 4.69) is 20.6 Å². The number of hydrogen-bond donors (Lipinski definition) is 2. The lowest BCUT2D eigenvalue weighted by Gasteiger charge is -2.11. The maximum Gasteiger partial charge on any atom is 0.199 e. The normalized spacial score (nSPS) is 11.2. The van der Waals surface area contributed by atoms with Gasteiger partial charge < -0.3 is 20.4 Å². The number of rotatable bonds is 8. The van der Waals surface area contributed by atoms with Crippen LogP contribution in [0.15, 0.2) is 41.2 Å². The van der Waals surface area contributed by atoms with Gasteiger partial charge in [0, 0.05) is 12.1 Å². The Balaban J connectivity index is 1.91. The fraction of sp³-hybridized carbons (Fsp3) is 0.300. The van der Waals surface area contributed by atoms with Gasteiger partial charge >= 0.3 is 0 Å². The molecule has 3 heterocycles. The highest BCUT2D eigenvalue weighted by Crippen LogP contribution is 2.36. The number of aryl methyl sites for hydroxylation is 1. The number of imidazole rings is 1. The molecule has 0 aliphatic carbocycles. The van der Waals surface area contributed by atoms with Crippen molar-refractivity contribution in [1.29, 1.82) is 0 Å². The second kappa shape index (κ2) is 8.27. The van der Waals surface area contributed by atoms with Crippen LogP contribution in [0.5, 0.6) is 5.75 Å². The van der Waals surface area contributed by atoms with E-state index in [0.717, 1.165) is 35.3 Å². The van der Waals surface area contributed by atoms with E-state index >= 15 is 0 Å². The molecule has 29 heavy (non-hydrogen) atoms. The number of anilines is 1. The Kier molecular flexibility index (Phi) is 5.39. The SMILES string of the molecule is CCn1c(-c2nonc2N)nc2c(-c3ccccc3)ncc(OCCCNC)c21. The first-order valence-electron chi connectivity index (χ1n) is 9.55. The molecule has 0 fully saturated rings. The van der Waals surface area contributed by atoms with Crippen molar-refractivity contribution >= 4 is 16.9 Å². The van der Waals surface area contributed by atoms with Crippen molar-refractivity contribution in [2.45, 2.75) is 19.9 Å². The number of nitrogens with zero attached hydrogens (tertiary/aromatic N) is 5. The summed E-state index contributed by atoms with van der Waals surface area (Å²) in [5.41, 5.74) is 9.66. The molecule has 0 spiro atoms. The quantitative estimate of drug-likeness (QED) is 0.439. The summed E-state index contributed by atoms with van der Waals surface area (Å²) < 4.78 is 12.9. The second-order valence-electron chi connectivity index (χ2n) is 6.52. The second-order valence-corrected chi connectivity index (χ2v) is 6.52. The maximum absolute atomic E-state index is 6.06. The molecule has 0 saturated carbocycles. The Bertz CT molecular complexity index is 1100. The van der Waals surface area contributed by atoms with Crippen LogP contribution < -0.4 is 15.8 Å². The number of nitrogens with two attached hydrogens (primary N) is 1. The third-order valence-electron chi connectivity index (χ3n) is 4.65. The number of ether oxygens (including phenoxy) is 1. The van der Waals surface area contributed by atoms with Crippen LogP contribution in [0.1, 0.15) is 13.3 Å². The third kappa shape index (κ3) is 3.52. The van der Waals surface area contributed by atoms with Gasteiger partial charge in [0.1, 0.15) is 11.0 Å². The number of fused-ring (bicyclic) bond motifs is 1. The molecule has 0 aliphatic heterocycles. The molecule has 0 amide bonds. The summed E-state index contributed by atoms with van der Waals surface area (Å²) in [6.07, 6.45) is 2.64. The highest BCUT2D eigenvalue weighted by Gasteiger charge is 2.23. The Hall–Kier alpha value is -3.46. The van der Waals surface area contributed by atoms with Crippen LogP contribution in [0.4, 0.5) is 5.82 Å². The van der Waals surface area contributed by atoms with E-state index in [-0.39, 0.29) is 5.82 Å². The molecule has 9 nitrogen and oxygen atoms in total. The largest absolute Gasteiger partial charge is 0.490 e. The van der Waals surface area contributed by atoms with Crippen molar-refractivity contribution in [3.05, 3.63) is 36.5 Å². The molecule has 3 aromatic heterocycles. The van der Waals surface area contributed by atoms with Gasteiger partial charge in [-0.05, 0) is 37.3 Å². The molecule has 1 aromatic carbocycles. The molecule has 4 rings (SSSR count). The Morgan fingerprint density at radius 2 is 2.00 bits per heavy atom. The lowest BCUT2D eigenvalue weighted by molar-refractivity contribution is 0.309. The maximum atomic E-state index is 6.06. The zero-order chi connectivity index (χ0) is 20.2. The van der Waals surface area contributed by atoms with E-state index in [4.69, 9.17) is 20.1 Å². The molecule has 3 N–H and O–H groups in total. The lowest BCUT2D eigenvalue weighted by Crippen LogP contribution is -2.12. The summed E-state index contributed by atoms with van der Waals surface area (Å²) in [6, 6.07) is 9.93. The molecule has 0 unspecified atom stereocenters. The van der Waals surface area contributed by atoms with Crippen molar-refractivity contribution < 1.29 is 9.37 Å². The number of pyridine rings is 1. The van der Waals surface area contributed by atoms with Gasteiger partial charge in [-0.1, -0.05) is 30.3 Å². The van der Waals surface area contributed by atoms with Crippen molar-refractivity contribution in [3.63, 3.8) is 0 Å². The first kappa shape index (κ1) is 18.9. The van der Waals surface area contributed by atoms with Gasteiger partial charge in [0.05, 0.1) is 18.5 Å². The molecule has 0 bridgehead atoms. The monoisotopic (exact) mass is 393 g/mol. The van der Waals surface area contributed by atoms with Gasteiger partial charge in [-0.25, -0.2) is 14.6 Å². The van der Waals surface area contributed by atoms with Crippen molar-refractivity contribution in [2.24, 2.45) is 0 Å². The van der Waals surface area contributed by atoms with E-state index in [1.807, 2.05) is 48.9 Å². The van der Waals surface area contributed by atoms with E-state index in [1.165, 1.54) is 0 Å². The van der Waals surface area contributed by atoms with Gasteiger partial charge in [-0.3, -0.25) is 0 Å². The Labute approximate surface area is 167 Å². The van der Waals surface area contributed by atoms with Gasteiger partial charge in [0.25, 0.3) is 0 Å². The number of benzene rings is 1. The highest BCUT2D eigenvalue weighted by atomic mass is 16.6. The predicted molar refractivity (Wildman–Crippen MR) is 110 cm³/mol. The van der Waals surface area contributed by atoms with Crippen LogP contribution in [0.2, 0.25) is 0 Å². The zero-order valence-corrected chi connectivity index (χ0v) is 16.4. The summed E-state index contributed by atoms with van der Waals surface area (Å²) in [6.45, 7) is 4.11. The smallest absolute Gasteiger partial charge is 0.199 e. The number of nitrogens with one attached hydrogen (secondary N) is 1. The average Bonchev–Trinajstić information content (AvgIpc) is 3.35. The van der Waals surface area contributed by atoms with Crippen LogP contribution in [0.3, 0.4) is 0 Å². The summed E-state index contributed by atoms with van der Waals surface area (Å²) in [5.74, 6) is 1.44. The minimum Gasteiger partial charge on any atom is -0.490 e. The topological polar surface area (TPSA) is 117 Å². The minimum absolute atomic E-state index is 0.195. The standard InChI is InChI=1S/C20H23N7O2/c1-3-27-18-14(28-11-7-10-22-2)12-23-15(13-8-5-4-6-9-13)16(18)24-20(27)17-19(21)26-29-25-17/h4-6,8-9,12,22H,3,7,10-11H2,1-2H3,(H2,21,26). The first-order valence-corrected chi connectivity index (χ1v) is 9.55. The van der Waals surface area contributed by atoms with Crippen molar-refractivity contribution in [1.82, 2.24) is 30.2 Å². The van der Waals surface area contributed by atoms with Gasteiger partial charge in [-0.15, -0.1) is 0 Å². The predicted octanol–water partition coefficient (Wildman–Crippen LogP) is 2.74. The molecule has 0 radical (unpaired) electrons. The van der Waals surface area contributed by atoms with Crippen LogP contribution in [-0.4, -0.2) is 45.0 Å². The van der Waals surface area contributed by atoms with E-state index < -0.39 is 0 Å². The van der Waals surface area contributed by atoms with Gasteiger partial charge in [0.2, 0.25) is 0 Å². The summed E-state index contributed by atoms with van der Waals surface area (Å²) in [5, 5.41) is 10.8. The average molecular weight is 393 g/mol. The van der Waals surface area contributed by atoms with Gasteiger partial charge in [-0.2, -0.15) is 0 Å². The lowest BCUT2D eigenvalue weighted by atomic mass is 10.1. The van der Waals surface area contributed by atoms with E-state index in [1.54, 1.807) is 6.20 Å². The fourth-order valence-electron chi connectivity index (χ4n) is 3.30. The highest BCUT2D eigenvalue weighted by molar-refractivity contribution is 5.95.